The van der Waals surface area contributed by atoms with Gasteiger partial charge in [0.25, 0.3) is 0 Å². The second-order valence-electron chi connectivity index (χ2n) is 2.54. The molecule has 1 heterocycles. The Bertz CT molecular complexity index is 159. The number of dihydropyridines is 1. The number of hydrogen-bond donors (Lipinski definition) is 1. The van der Waals surface area contributed by atoms with Crippen LogP contribution in [0.1, 0.15) is 19.8 Å². The highest BCUT2D eigenvalue weighted by atomic mass is 14.7. The second kappa shape index (κ2) is 3.52. The van der Waals surface area contributed by atoms with Crippen molar-refractivity contribution in [2.45, 2.75) is 25.8 Å². The lowest BCUT2D eigenvalue weighted by Gasteiger charge is -2.11. The summed E-state index contributed by atoms with van der Waals surface area (Å²) in [4.78, 5) is 4.15. The van der Waals surface area contributed by atoms with Gasteiger partial charge in [0.05, 0.1) is 0 Å². The number of nitrogens with two attached hydrogens (primary N) is 1. The maximum atomic E-state index is 5.79. The lowest BCUT2D eigenvalue weighted by Crippen LogP contribution is -2.23. The molecule has 1 aliphatic rings. The van der Waals surface area contributed by atoms with Gasteiger partial charge in [0.1, 0.15) is 0 Å². The van der Waals surface area contributed by atoms with Crippen LogP contribution in [0.3, 0.4) is 0 Å². The third kappa shape index (κ3) is 1.67. The van der Waals surface area contributed by atoms with Crippen molar-refractivity contribution in [3.8, 4) is 0 Å². The van der Waals surface area contributed by atoms with Gasteiger partial charge in [-0.3, -0.25) is 4.99 Å². The molecular weight excluding hydrogens is 124 g/mol. The molecule has 2 N–H and O–H groups in total. The first kappa shape index (κ1) is 7.48. The minimum atomic E-state index is 0.198. The van der Waals surface area contributed by atoms with Gasteiger partial charge in [-0.1, -0.05) is 13.0 Å². The molecule has 0 aromatic rings. The second-order valence-corrected chi connectivity index (χ2v) is 2.54. The zero-order valence-corrected chi connectivity index (χ0v) is 6.38. The number of rotatable bonds is 2. The van der Waals surface area contributed by atoms with E-state index in [9.17, 15) is 0 Å². The van der Waals surface area contributed by atoms with Gasteiger partial charge in [0.15, 0.2) is 0 Å². The molecule has 0 bridgehead atoms. The van der Waals surface area contributed by atoms with E-state index in [0.29, 0.717) is 0 Å². The first-order valence-electron chi connectivity index (χ1n) is 3.80. The molecule has 2 nitrogen and oxygen atoms in total. The summed E-state index contributed by atoms with van der Waals surface area (Å²) in [5.41, 5.74) is 6.99. The summed E-state index contributed by atoms with van der Waals surface area (Å²) in [7, 11) is 0. The molecule has 0 spiro atoms. The summed E-state index contributed by atoms with van der Waals surface area (Å²) in [6.45, 7) is 3.02. The Balaban J connectivity index is 2.54. The summed E-state index contributed by atoms with van der Waals surface area (Å²) in [6.07, 6.45) is 6.14. The predicted octanol–water partition coefficient (Wildman–Crippen LogP) is 1.12. The summed E-state index contributed by atoms with van der Waals surface area (Å²) in [6, 6.07) is 0.198. The van der Waals surface area contributed by atoms with E-state index in [2.05, 4.69) is 18.0 Å². The molecule has 10 heavy (non-hydrogen) atoms. The zero-order chi connectivity index (χ0) is 7.40. The van der Waals surface area contributed by atoms with E-state index < -0.39 is 0 Å². The number of nitrogens with zero attached hydrogens (tertiary/aromatic N) is 1. The van der Waals surface area contributed by atoms with Crippen LogP contribution in [0.15, 0.2) is 16.6 Å². The lowest BCUT2D eigenvalue weighted by molar-refractivity contribution is 0.754. The fraction of sp³-hybridized carbons (Fsp3) is 0.625. The standard InChI is InChI=1S/C8H14N2/c1-2-8(9)7-4-3-5-10-6-7/h4,6,8H,2-3,5,9H2,1H3. The molecular formula is C8H14N2. The Morgan fingerprint density at radius 2 is 2.60 bits per heavy atom. The van der Waals surface area contributed by atoms with Gasteiger partial charge in [-0.05, 0) is 18.4 Å². The minimum Gasteiger partial charge on any atom is -0.324 e. The van der Waals surface area contributed by atoms with Crippen molar-refractivity contribution in [3.05, 3.63) is 11.6 Å². The summed E-state index contributed by atoms with van der Waals surface area (Å²) < 4.78 is 0. The Morgan fingerprint density at radius 1 is 1.80 bits per heavy atom. The van der Waals surface area contributed by atoms with Crippen LogP contribution in [-0.2, 0) is 0 Å². The highest BCUT2D eigenvalue weighted by molar-refractivity contribution is 5.80. The highest BCUT2D eigenvalue weighted by Crippen LogP contribution is 2.06. The van der Waals surface area contributed by atoms with E-state index in [-0.39, 0.29) is 6.04 Å². The smallest absolute Gasteiger partial charge is 0.0424 e. The molecule has 0 aromatic carbocycles. The van der Waals surface area contributed by atoms with Crippen molar-refractivity contribution in [1.82, 2.24) is 0 Å². The van der Waals surface area contributed by atoms with Crippen molar-refractivity contribution in [1.29, 1.82) is 0 Å². The maximum Gasteiger partial charge on any atom is 0.0424 e. The van der Waals surface area contributed by atoms with Gasteiger partial charge >= 0.3 is 0 Å². The first-order chi connectivity index (χ1) is 4.84. The molecule has 0 amide bonds. The topological polar surface area (TPSA) is 38.4 Å². The number of hydrogen-bond acceptors (Lipinski definition) is 2. The SMILES string of the molecule is CCC(N)C1=CCCN=C1. The zero-order valence-electron chi connectivity index (χ0n) is 6.38. The van der Waals surface area contributed by atoms with E-state index in [1.54, 1.807) is 0 Å². The van der Waals surface area contributed by atoms with Crippen LogP contribution < -0.4 is 5.73 Å². The maximum absolute atomic E-state index is 5.79. The predicted molar refractivity (Wildman–Crippen MR) is 44.3 cm³/mol. The van der Waals surface area contributed by atoms with Gasteiger partial charge in [0.2, 0.25) is 0 Å². The average Bonchev–Trinajstić information content (AvgIpc) is 2.05. The van der Waals surface area contributed by atoms with Crippen molar-refractivity contribution >= 4 is 6.21 Å². The molecule has 0 aliphatic carbocycles. The Morgan fingerprint density at radius 3 is 3.10 bits per heavy atom. The van der Waals surface area contributed by atoms with E-state index in [0.717, 1.165) is 19.4 Å². The van der Waals surface area contributed by atoms with Crippen LogP contribution in [0, 0.1) is 0 Å². The first-order valence-corrected chi connectivity index (χ1v) is 3.80. The Labute approximate surface area is 61.8 Å². The van der Waals surface area contributed by atoms with Crippen molar-refractivity contribution in [2.75, 3.05) is 6.54 Å². The van der Waals surface area contributed by atoms with Crippen LogP contribution in [0.4, 0.5) is 0 Å². The van der Waals surface area contributed by atoms with E-state index >= 15 is 0 Å². The molecule has 1 unspecified atom stereocenters. The van der Waals surface area contributed by atoms with Crippen molar-refractivity contribution in [3.63, 3.8) is 0 Å². The normalized spacial score (nSPS) is 20.4. The summed E-state index contributed by atoms with van der Waals surface area (Å²) in [5.74, 6) is 0. The summed E-state index contributed by atoms with van der Waals surface area (Å²) >= 11 is 0. The Hall–Kier alpha value is -0.630. The van der Waals surface area contributed by atoms with Crippen LogP contribution in [0.5, 0.6) is 0 Å². The van der Waals surface area contributed by atoms with Crippen LogP contribution in [0.2, 0.25) is 0 Å². The molecule has 2 heteroatoms. The van der Waals surface area contributed by atoms with Crippen LogP contribution >= 0.6 is 0 Å². The molecule has 0 radical (unpaired) electrons. The van der Waals surface area contributed by atoms with Gasteiger partial charge in [0, 0.05) is 18.8 Å². The average molecular weight is 138 g/mol. The van der Waals surface area contributed by atoms with E-state index in [1.165, 1.54) is 5.57 Å². The molecule has 0 fully saturated rings. The molecule has 0 aromatic heterocycles. The number of aliphatic imine (C=N–C) groups is 1. The van der Waals surface area contributed by atoms with Gasteiger partial charge in [-0.25, -0.2) is 0 Å². The molecule has 1 aliphatic heterocycles. The third-order valence-corrected chi connectivity index (χ3v) is 1.75. The molecule has 0 saturated carbocycles. The third-order valence-electron chi connectivity index (χ3n) is 1.75. The fourth-order valence-corrected chi connectivity index (χ4v) is 1.01. The van der Waals surface area contributed by atoms with E-state index in [1.807, 2.05) is 6.21 Å². The molecule has 56 valence electrons. The minimum absolute atomic E-state index is 0.198. The molecule has 0 saturated heterocycles. The van der Waals surface area contributed by atoms with Crippen LogP contribution in [-0.4, -0.2) is 18.8 Å². The monoisotopic (exact) mass is 138 g/mol. The fourth-order valence-electron chi connectivity index (χ4n) is 1.01. The quantitative estimate of drug-likeness (QED) is 0.610. The largest absolute Gasteiger partial charge is 0.324 e. The highest BCUT2D eigenvalue weighted by Gasteiger charge is 2.05. The van der Waals surface area contributed by atoms with Gasteiger partial charge < -0.3 is 5.73 Å². The summed E-state index contributed by atoms with van der Waals surface area (Å²) in [5, 5.41) is 0. The van der Waals surface area contributed by atoms with E-state index in [4.69, 9.17) is 5.73 Å². The van der Waals surface area contributed by atoms with Crippen molar-refractivity contribution < 1.29 is 0 Å². The van der Waals surface area contributed by atoms with Crippen LogP contribution in [0.25, 0.3) is 0 Å². The van der Waals surface area contributed by atoms with Crippen molar-refractivity contribution in [2.24, 2.45) is 10.7 Å². The van der Waals surface area contributed by atoms with Gasteiger partial charge in [-0.2, -0.15) is 0 Å². The van der Waals surface area contributed by atoms with Gasteiger partial charge in [-0.15, -0.1) is 0 Å². The lowest BCUT2D eigenvalue weighted by atomic mass is 10.0. The molecule has 1 rings (SSSR count). The Kier molecular flexibility index (Phi) is 2.63. The molecule has 1 atom stereocenters.